The van der Waals surface area contributed by atoms with E-state index in [0.29, 0.717) is 17.0 Å². The molecule has 2 aromatic rings. The Hall–Kier alpha value is -2.48. The molecule has 0 aliphatic carbocycles. The van der Waals surface area contributed by atoms with Gasteiger partial charge in [-0.1, -0.05) is 6.07 Å². The molecule has 1 heterocycles. The van der Waals surface area contributed by atoms with E-state index in [4.69, 9.17) is 14.9 Å². The Kier molecular flexibility index (Phi) is 4.95. The number of nitrogens with one attached hydrogen (secondary N) is 1. The quantitative estimate of drug-likeness (QED) is 0.883. The van der Waals surface area contributed by atoms with Gasteiger partial charge < -0.3 is 20.2 Å². The summed E-state index contributed by atoms with van der Waals surface area (Å²) in [5.41, 5.74) is 6.41. The van der Waals surface area contributed by atoms with Gasteiger partial charge in [0.05, 0.1) is 12.1 Å². The van der Waals surface area contributed by atoms with Crippen molar-refractivity contribution in [2.24, 2.45) is 5.73 Å². The van der Waals surface area contributed by atoms with Crippen molar-refractivity contribution in [2.75, 3.05) is 11.9 Å². The number of nitrogens with two attached hydrogens (primary N) is 1. The molecule has 0 spiro atoms. The second-order valence-electron chi connectivity index (χ2n) is 4.79. The summed E-state index contributed by atoms with van der Waals surface area (Å²) in [7, 11) is 0. The molecule has 0 atom stereocenters. The first-order chi connectivity index (χ1) is 10.8. The third-order valence-electron chi connectivity index (χ3n) is 3.04. The molecule has 0 unspecified atom stereocenters. The molecule has 8 heteroatoms. The molecular weight excluding hydrogens is 313 g/mol. The number of benzene rings is 1. The fourth-order valence-corrected chi connectivity index (χ4v) is 1.87. The van der Waals surface area contributed by atoms with Crippen LogP contribution in [0.1, 0.15) is 21.7 Å². The number of hydrogen-bond acceptors (Lipinski definition) is 4. The zero-order chi connectivity index (χ0) is 17.0. The van der Waals surface area contributed by atoms with E-state index in [-0.39, 0.29) is 17.9 Å². The summed E-state index contributed by atoms with van der Waals surface area (Å²) in [6.07, 6.45) is -3.17. The first kappa shape index (κ1) is 16.9. The van der Waals surface area contributed by atoms with Crippen molar-refractivity contribution < 1.29 is 27.1 Å². The number of amides is 1. The minimum atomic E-state index is -4.43. The highest BCUT2D eigenvalue weighted by atomic mass is 19.4. The van der Waals surface area contributed by atoms with Crippen molar-refractivity contribution in [2.45, 2.75) is 19.6 Å². The first-order valence-corrected chi connectivity index (χ1v) is 6.68. The van der Waals surface area contributed by atoms with Crippen LogP contribution < -0.4 is 15.8 Å². The number of anilines is 1. The van der Waals surface area contributed by atoms with E-state index in [9.17, 15) is 18.0 Å². The predicted molar refractivity (Wildman–Crippen MR) is 77.3 cm³/mol. The normalized spacial score (nSPS) is 11.3. The van der Waals surface area contributed by atoms with Crippen molar-refractivity contribution in [1.29, 1.82) is 0 Å². The molecule has 0 saturated heterocycles. The fraction of sp³-hybridized carbons (Fsp3) is 0.267. The molecule has 0 aliphatic heterocycles. The number of hydrogen-bond donors (Lipinski definition) is 2. The average molecular weight is 328 g/mol. The standard InChI is InChI=1S/C15H15F3N2O3/c1-9-12(3-2-4-13(9)23-8-15(16,17)18)20-14(21)10-5-11(6-19)22-7-10/h2-5,7H,6,8,19H2,1H3,(H,20,21). The zero-order valence-corrected chi connectivity index (χ0v) is 12.2. The zero-order valence-electron chi connectivity index (χ0n) is 12.2. The van der Waals surface area contributed by atoms with Crippen LogP contribution in [0.3, 0.4) is 0 Å². The molecule has 3 N–H and O–H groups in total. The lowest BCUT2D eigenvalue weighted by atomic mass is 10.1. The van der Waals surface area contributed by atoms with E-state index in [0.717, 1.165) is 0 Å². The molecule has 5 nitrogen and oxygen atoms in total. The molecule has 1 aromatic heterocycles. The van der Waals surface area contributed by atoms with Gasteiger partial charge in [-0.15, -0.1) is 0 Å². The van der Waals surface area contributed by atoms with Crippen LogP contribution in [0.2, 0.25) is 0 Å². The number of furan rings is 1. The smallest absolute Gasteiger partial charge is 0.422 e. The van der Waals surface area contributed by atoms with Crippen molar-refractivity contribution in [1.82, 2.24) is 0 Å². The first-order valence-electron chi connectivity index (χ1n) is 6.68. The lowest BCUT2D eigenvalue weighted by Crippen LogP contribution is -2.20. The molecule has 1 amide bonds. The number of carbonyl (C=O) groups is 1. The molecule has 0 aliphatic rings. The van der Waals surface area contributed by atoms with Crippen molar-refractivity contribution >= 4 is 11.6 Å². The van der Waals surface area contributed by atoms with Gasteiger partial charge in [0.25, 0.3) is 5.91 Å². The maximum atomic E-state index is 12.2. The van der Waals surface area contributed by atoms with Crippen LogP contribution in [0.25, 0.3) is 0 Å². The van der Waals surface area contributed by atoms with Gasteiger partial charge in [-0.3, -0.25) is 4.79 Å². The molecule has 0 saturated carbocycles. The van der Waals surface area contributed by atoms with Crippen LogP contribution >= 0.6 is 0 Å². The van der Waals surface area contributed by atoms with Gasteiger partial charge in [0, 0.05) is 11.3 Å². The van der Waals surface area contributed by atoms with E-state index in [1.807, 2.05) is 0 Å². The van der Waals surface area contributed by atoms with Crippen LogP contribution in [-0.4, -0.2) is 18.7 Å². The summed E-state index contributed by atoms with van der Waals surface area (Å²) in [5, 5.41) is 2.60. The van der Waals surface area contributed by atoms with Crippen LogP contribution in [0.5, 0.6) is 5.75 Å². The fourth-order valence-electron chi connectivity index (χ4n) is 1.87. The Bertz CT molecular complexity index is 696. The van der Waals surface area contributed by atoms with Gasteiger partial charge in [-0.2, -0.15) is 13.2 Å². The molecule has 124 valence electrons. The van der Waals surface area contributed by atoms with Gasteiger partial charge in [-0.05, 0) is 25.1 Å². The van der Waals surface area contributed by atoms with E-state index < -0.39 is 18.7 Å². The Morgan fingerprint density at radius 2 is 2.13 bits per heavy atom. The minimum absolute atomic E-state index is 0.0509. The lowest BCUT2D eigenvalue weighted by molar-refractivity contribution is -0.153. The van der Waals surface area contributed by atoms with Gasteiger partial charge in [0.1, 0.15) is 17.8 Å². The molecule has 23 heavy (non-hydrogen) atoms. The highest BCUT2D eigenvalue weighted by Crippen LogP contribution is 2.27. The molecule has 0 radical (unpaired) electrons. The highest BCUT2D eigenvalue weighted by molar-refractivity contribution is 6.04. The van der Waals surface area contributed by atoms with E-state index in [2.05, 4.69) is 5.32 Å². The van der Waals surface area contributed by atoms with Crippen LogP contribution in [0, 0.1) is 6.92 Å². The number of carbonyl (C=O) groups excluding carboxylic acids is 1. The summed E-state index contributed by atoms with van der Waals surface area (Å²) in [6, 6.07) is 5.96. The van der Waals surface area contributed by atoms with E-state index in [1.165, 1.54) is 24.5 Å². The monoisotopic (exact) mass is 328 g/mol. The Balaban J connectivity index is 2.12. The Labute approximate surface area is 130 Å². The van der Waals surface area contributed by atoms with Crippen LogP contribution in [0.15, 0.2) is 34.9 Å². The molecule has 0 fully saturated rings. The van der Waals surface area contributed by atoms with Crippen molar-refractivity contribution in [3.05, 3.63) is 47.4 Å². The second kappa shape index (κ2) is 6.74. The van der Waals surface area contributed by atoms with Gasteiger partial charge in [-0.25, -0.2) is 0 Å². The second-order valence-corrected chi connectivity index (χ2v) is 4.79. The summed E-state index contributed by atoms with van der Waals surface area (Å²) < 4.78 is 46.5. The number of rotatable bonds is 5. The van der Waals surface area contributed by atoms with E-state index in [1.54, 1.807) is 13.0 Å². The van der Waals surface area contributed by atoms with Gasteiger partial charge in [0.15, 0.2) is 6.61 Å². The van der Waals surface area contributed by atoms with Crippen molar-refractivity contribution in [3.8, 4) is 5.75 Å². The third-order valence-corrected chi connectivity index (χ3v) is 3.04. The average Bonchev–Trinajstić information content (AvgIpc) is 2.96. The molecular formula is C15H15F3N2O3. The molecule has 2 rings (SSSR count). The molecule has 1 aromatic carbocycles. The predicted octanol–water partition coefficient (Wildman–Crippen LogP) is 3.24. The summed E-state index contributed by atoms with van der Waals surface area (Å²) in [5.74, 6) is 0.0496. The Morgan fingerprint density at radius 3 is 2.74 bits per heavy atom. The topological polar surface area (TPSA) is 77.5 Å². The molecule has 0 bridgehead atoms. The minimum Gasteiger partial charge on any atom is -0.484 e. The van der Waals surface area contributed by atoms with Gasteiger partial charge in [0.2, 0.25) is 0 Å². The van der Waals surface area contributed by atoms with E-state index >= 15 is 0 Å². The van der Waals surface area contributed by atoms with Crippen LogP contribution in [0.4, 0.5) is 18.9 Å². The SMILES string of the molecule is Cc1c(NC(=O)c2coc(CN)c2)cccc1OCC(F)(F)F. The maximum Gasteiger partial charge on any atom is 0.422 e. The summed E-state index contributed by atoms with van der Waals surface area (Å²) >= 11 is 0. The summed E-state index contributed by atoms with van der Waals surface area (Å²) in [4.78, 5) is 12.1. The number of halogens is 3. The van der Waals surface area contributed by atoms with Crippen molar-refractivity contribution in [3.63, 3.8) is 0 Å². The maximum absolute atomic E-state index is 12.2. The number of ether oxygens (including phenoxy) is 1. The number of alkyl halides is 3. The lowest BCUT2D eigenvalue weighted by Gasteiger charge is -2.14. The van der Waals surface area contributed by atoms with Gasteiger partial charge >= 0.3 is 6.18 Å². The Morgan fingerprint density at radius 1 is 1.39 bits per heavy atom. The van der Waals surface area contributed by atoms with Crippen LogP contribution in [-0.2, 0) is 6.54 Å². The highest BCUT2D eigenvalue weighted by Gasteiger charge is 2.28. The summed E-state index contributed by atoms with van der Waals surface area (Å²) in [6.45, 7) is 0.321. The largest absolute Gasteiger partial charge is 0.484 e. The third kappa shape index (κ3) is 4.49.